The number of ether oxygens (including phenoxy) is 2. The molecule has 0 radical (unpaired) electrons. The Balaban J connectivity index is 1.69. The molecule has 0 aliphatic carbocycles. The quantitative estimate of drug-likeness (QED) is 0.287. The number of hydrogen-bond donors (Lipinski definition) is 1. The number of carbonyl (C=O) groups excluding carboxylic acids is 1. The number of carboxylic acids is 1. The Labute approximate surface area is 210 Å². The molecule has 7 heteroatoms. The molecule has 1 N–H and O–H groups in total. The van der Waals surface area contributed by atoms with Gasteiger partial charge in [0, 0.05) is 22.4 Å². The predicted octanol–water partition coefficient (Wildman–Crippen LogP) is 6.56. The number of hydrogen-bond acceptors (Lipinski definition) is 6. The van der Waals surface area contributed by atoms with Crippen molar-refractivity contribution in [2.45, 2.75) is 52.9 Å². The Morgan fingerprint density at radius 1 is 1.11 bits per heavy atom. The summed E-state index contributed by atoms with van der Waals surface area (Å²) in [6.45, 7) is 8.04. The van der Waals surface area contributed by atoms with E-state index >= 15 is 0 Å². The van der Waals surface area contributed by atoms with Crippen molar-refractivity contribution in [2.24, 2.45) is 5.92 Å². The van der Waals surface area contributed by atoms with E-state index in [4.69, 9.17) is 14.5 Å². The summed E-state index contributed by atoms with van der Waals surface area (Å²) in [5.74, 6) is 0.323. The molecule has 3 aromatic rings. The van der Waals surface area contributed by atoms with Crippen LogP contribution in [0.4, 0.5) is 0 Å². The van der Waals surface area contributed by atoms with Gasteiger partial charge in [-0.05, 0) is 73.7 Å². The average molecular weight is 496 g/mol. The van der Waals surface area contributed by atoms with E-state index in [0.29, 0.717) is 30.6 Å². The van der Waals surface area contributed by atoms with E-state index in [2.05, 4.69) is 13.8 Å². The average Bonchev–Trinajstić information content (AvgIpc) is 3.28. The molecule has 0 spiro atoms. The maximum atomic E-state index is 13.0. The highest BCUT2D eigenvalue weighted by atomic mass is 32.1. The Bertz CT molecular complexity index is 1170. The van der Waals surface area contributed by atoms with Crippen molar-refractivity contribution in [3.63, 3.8) is 0 Å². The number of methoxy groups -OCH3 is 1. The van der Waals surface area contributed by atoms with Crippen LogP contribution in [0.5, 0.6) is 11.5 Å². The number of aryl methyl sites for hydroxylation is 2. The van der Waals surface area contributed by atoms with E-state index in [1.54, 1.807) is 30.6 Å². The zero-order valence-corrected chi connectivity index (χ0v) is 21.8. The maximum absolute atomic E-state index is 13.0. The van der Waals surface area contributed by atoms with Crippen LogP contribution in [0.1, 0.15) is 66.0 Å². The molecule has 0 bridgehead atoms. The molecule has 0 saturated carbocycles. The van der Waals surface area contributed by atoms with E-state index in [1.165, 1.54) is 0 Å². The number of nitrogens with zero attached hydrogens (tertiary/aromatic N) is 1. The van der Waals surface area contributed by atoms with Crippen LogP contribution in [-0.2, 0) is 11.2 Å². The molecule has 1 atom stereocenters. The molecule has 6 nitrogen and oxygen atoms in total. The minimum absolute atomic E-state index is 0.0609. The Hall–Kier alpha value is -3.19. The summed E-state index contributed by atoms with van der Waals surface area (Å²) in [7, 11) is 1.65. The summed E-state index contributed by atoms with van der Waals surface area (Å²) in [6.07, 6.45) is 1.52. The smallest absolute Gasteiger partial charge is 0.309 e. The molecule has 1 aromatic heterocycles. The Kier molecular flexibility index (Phi) is 9.04. The lowest BCUT2D eigenvalue weighted by Gasteiger charge is -2.14. The topological polar surface area (TPSA) is 85.7 Å². The van der Waals surface area contributed by atoms with Crippen molar-refractivity contribution >= 4 is 23.1 Å². The lowest BCUT2D eigenvalue weighted by atomic mass is 10.0. The van der Waals surface area contributed by atoms with Gasteiger partial charge in [0.05, 0.1) is 18.7 Å². The van der Waals surface area contributed by atoms with Crippen LogP contribution in [0.15, 0.2) is 42.5 Å². The summed E-state index contributed by atoms with van der Waals surface area (Å²) in [6, 6.07) is 13.2. The molecule has 1 unspecified atom stereocenters. The first kappa shape index (κ1) is 26.4. The van der Waals surface area contributed by atoms with Gasteiger partial charge < -0.3 is 14.6 Å². The summed E-state index contributed by atoms with van der Waals surface area (Å²) >= 11 is 1.64. The molecule has 0 saturated heterocycles. The molecule has 3 rings (SSSR count). The van der Waals surface area contributed by atoms with Gasteiger partial charge in [-0.3, -0.25) is 9.59 Å². The number of carboxylic acid groups (broad SMARTS) is 1. The van der Waals surface area contributed by atoms with Crippen molar-refractivity contribution in [1.82, 2.24) is 4.98 Å². The number of thiazole rings is 1. The van der Waals surface area contributed by atoms with Crippen molar-refractivity contribution in [3.05, 3.63) is 64.2 Å². The largest absolute Gasteiger partial charge is 0.497 e. The van der Waals surface area contributed by atoms with Gasteiger partial charge in [0.1, 0.15) is 23.1 Å². The fourth-order valence-corrected chi connectivity index (χ4v) is 4.98. The van der Waals surface area contributed by atoms with E-state index in [1.807, 2.05) is 44.2 Å². The number of ketones is 1. The van der Waals surface area contributed by atoms with Gasteiger partial charge in [-0.15, -0.1) is 11.3 Å². The summed E-state index contributed by atoms with van der Waals surface area (Å²) in [4.78, 5) is 30.2. The van der Waals surface area contributed by atoms with Crippen LogP contribution in [0, 0.1) is 12.8 Å². The van der Waals surface area contributed by atoms with Crippen molar-refractivity contribution in [2.75, 3.05) is 13.7 Å². The second-order valence-electron chi connectivity index (χ2n) is 8.87. The lowest BCUT2D eigenvalue weighted by molar-refractivity contribution is -0.142. The second-order valence-corrected chi connectivity index (χ2v) is 9.95. The molecular weight excluding hydrogens is 462 g/mol. The van der Waals surface area contributed by atoms with Crippen LogP contribution < -0.4 is 9.47 Å². The number of benzene rings is 2. The fourth-order valence-electron chi connectivity index (χ4n) is 3.76. The van der Waals surface area contributed by atoms with Gasteiger partial charge in [0.2, 0.25) is 0 Å². The number of Topliss-reactive ketones (excluding diaryl/α,β-unsaturated/α-hetero) is 1. The van der Waals surface area contributed by atoms with Crippen LogP contribution in [0.25, 0.3) is 10.6 Å². The molecule has 1 heterocycles. The SMILES string of the molecule is CCC(COc1ccc(C(=O)CCc2sc(-c3ccc(OC)cc3)nc2C(C)C)cc1C)C(=O)O. The van der Waals surface area contributed by atoms with E-state index in [0.717, 1.165) is 32.5 Å². The fraction of sp³-hybridized carbons (Fsp3) is 0.393. The second kappa shape index (κ2) is 12.0. The maximum Gasteiger partial charge on any atom is 0.309 e. The zero-order valence-electron chi connectivity index (χ0n) is 21.0. The van der Waals surface area contributed by atoms with Crippen molar-refractivity contribution < 1.29 is 24.2 Å². The van der Waals surface area contributed by atoms with E-state index in [9.17, 15) is 14.7 Å². The molecule has 186 valence electrons. The summed E-state index contributed by atoms with van der Waals surface area (Å²) in [5.41, 5.74) is 3.52. The molecule has 2 aromatic carbocycles. The Morgan fingerprint density at radius 2 is 1.83 bits per heavy atom. The van der Waals surface area contributed by atoms with Crippen molar-refractivity contribution in [3.8, 4) is 22.1 Å². The van der Waals surface area contributed by atoms with Crippen LogP contribution in [-0.4, -0.2) is 35.6 Å². The van der Waals surface area contributed by atoms with Gasteiger partial charge >= 0.3 is 5.97 Å². The van der Waals surface area contributed by atoms with Gasteiger partial charge in [-0.1, -0.05) is 20.8 Å². The lowest BCUT2D eigenvalue weighted by Crippen LogP contribution is -2.20. The van der Waals surface area contributed by atoms with Crippen LogP contribution >= 0.6 is 11.3 Å². The summed E-state index contributed by atoms with van der Waals surface area (Å²) < 4.78 is 11.0. The normalized spacial score (nSPS) is 11.9. The number of aliphatic carboxylic acids is 1. The molecular formula is C28H33NO5S. The zero-order chi connectivity index (χ0) is 25.5. The minimum atomic E-state index is -0.865. The highest BCUT2D eigenvalue weighted by Crippen LogP contribution is 2.33. The van der Waals surface area contributed by atoms with Crippen LogP contribution in [0.2, 0.25) is 0 Å². The summed E-state index contributed by atoms with van der Waals surface area (Å²) in [5, 5.41) is 10.1. The molecule has 35 heavy (non-hydrogen) atoms. The van der Waals surface area contributed by atoms with Gasteiger partial charge in [-0.25, -0.2) is 4.98 Å². The predicted molar refractivity (Wildman–Crippen MR) is 139 cm³/mol. The standard InChI is InChI=1S/C28H33NO5S/c1-6-19(28(31)32)16-34-24-13-9-21(15-18(24)4)23(30)12-14-25-26(17(2)3)29-27(35-25)20-7-10-22(33-5)11-8-20/h7-11,13,15,17,19H,6,12,14,16H2,1-5H3,(H,31,32). The third-order valence-corrected chi connectivity index (χ3v) is 7.15. The molecule has 0 aliphatic heterocycles. The monoisotopic (exact) mass is 495 g/mol. The first-order valence-electron chi connectivity index (χ1n) is 11.9. The first-order valence-corrected chi connectivity index (χ1v) is 12.7. The number of aromatic nitrogens is 1. The molecule has 0 aliphatic rings. The Morgan fingerprint density at radius 3 is 2.40 bits per heavy atom. The molecule has 0 fully saturated rings. The highest BCUT2D eigenvalue weighted by Gasteiger charge is 2.19. The van der Waals surface area contributed by atoms with E-state index in [-0.39, 0.29) is 18.3 Å². The number of carbonyl (C=O) groups is 2. The van der Waals surface area contributed by atoms with E-state index < -0.39 is 11.9 Å². The number of rotatable bonds is 12. The van der Waals surface area contributed by atoms with Crippen LogP contribution in [0.3, 0.4) is 0 Å². The third kappa shape index (κ3) is 6.69. The minimum Gasteiger partial charge on any atom is -0.497 e. The van der Waals surface area contributed by atoms with Gasteiger partial charge in [0.25, 0.3) is 0 Å². The third-order valence-electron chi connectivity index (χ3n) is 5.97. The van der Waals surface area contributed by atoms with Gasteiger partial charge in [-0.2, -0.15) is 0 Å². The highest BCUT2D eigenvalue weighted by molar-refractivity contribution is 7.15. The van der Waals surface area contributed by atoms with Crippen molar-refractivity contribution in [1.29, 1.82) is 0 Å². The first-order chi connectivity index (χ1) is 16.7. The molecule has 0 amide bonds. The van der Waals surface area contributed by atoms with Gasteiger partial charge in [0.15, 0.2) is 5.78 Å².